The van der Waals surface area contributed by atoms with Crippen molar-refractivity contribution in [1.29, 1.82) is 0 Å². The molecule has 2 fully saturated rings. The molecule has 2 unspecified atom stereocenters. The van der Waals surface area contributed by atoms with E-state index in [1.807, 2.05) is 13.8 Å². The highest BCUT2D eigenvalue weighted by Gasteiger charge is 2.59. The highest BCUT2D eigenvalue weighted by atomic mass is 16.3. The molecule has 3 nitrogen and oxygen atoms in total. The fourth-order valence-electron chi connectivity index (χ4n) is 4.76. The van der Waals surface area contributed by atoms with Crippen molar-refractivity contribution in [3.05, 3.63) is 12.2 Å². The zero-order valence-electron chi connectivity index (χ0n) is 14.0. The smallest absolute Gasteiger partial charge is 0.0725 e. The zero-order valence-corrected chi connectivity index (χ0v) is 14.0. The number of hydrogen-bond donors (Lipinski definition) is 3. The Morgan fingerprint density at radius 1 is 1.33 bits per heavy atom. The van der Waals surface area contributed by atoms with E-state index in [9.17, 15) is 10.2 Å². The van der Waals surface area contributed by atoms with Crippen LogP contribution < -0.4 is 5.73 Å². The van der Waals surface area contributed by atoms with Gasteiger partial charge in [0, 0.05) is 5.54 Å². The molecule has 0 bridgehead atoms. The lowest BCUT2D eigenvalue weighted by atomic mass is 9.58. The van der Waals surface area contributed by atoms with Gasteiger partial charge < -0.3 is 15.9 Å². The van der Waals surface area contributed by atoms with Crippen LogP contribution in [0.3, 0.4) is 0 Å². The molecule has 2 aliphatic carbocycles. The number of aliphatic hydroxyl groups excluding tert-OH is 1. The Hall–Kier alpha value is -0.380. The number of allylic oxidation sites excluding steroid dienone is 1. The fraction of sp³-hybridized carbons (Fsp3) is 0.889. The molecular weight excluding hydrogens is 262 g/mol. The second-order valence-electron chi connectivity index (χ2n) is 8.28. The van der Waals surface area contributed by atoms with Crippen LogP contribution in [0.4, 0.5) is 0 Å². The first-order valence-corrected chi connectivity index (χ1v) is 8.47. The fourth-order valence-corrected chi connectivity index (χ4v) is 4.76. The second kappa shape index (κ2) is 5.68. The SMILES string of the molecule is C=C(CCCC(C)(C)O)C1CC[C@@]2(N)C(O)CCC[C@]12C. The third kappa shape index (κ3) is 3.06. The van der Waals surface area contributed by atoms with Crippen LogP contribution in [0.15, 0.2) is 12.2 Å². The lowest BCUT2D eigenvalue weighted by Gasteiger charge is -2.51. The molecule has 3 heteroatoms. The number of nitrogens with two attached hydrogens (primary N) is 1. The van der Waals surface area contributed by atoms with Crippen LogP contribution in [0.2, 0.25) is 0 Å². The summed E-state index contributed by atoms with van der Waals surface area (Å²) in [6.45, 7) is 10.3. The Kier molecular flexibility index (Phi) is 4.59. The summed E-state index contributed by atoms with van der Waals surface area (Å²) in [6.07, 6.45) is 7.29. The van der Waals surface area contributed by atoms with Crippen molar-refractivity contribution >= 4 is 0 Å². The van der Waals surface area contributed by atoms with Gasteiger partial charge in [0.25, 0.3) is 0 Å². The molecule has 0 aromatic carbocycles. The van der Waals surface area contributed by atoms with E-state index < -0.39 is 11.1 Å². The van der Waals surface area contributed by atoms with Crippen LogP contribution in [0.25, 0.3) is 0 Å². The van der Waals surface area contributed by atoms with Gasteiger partial charge in [0.05, 0.1) is 11.7 Å². The van der Waals surface area contributed by atoms with Gasteiger partial charge in [0.2, 0.25) is 0 Å². The van der Waals surface area contributed by atoms with E-state index in [2.05, 4.69) is 13.5 Å². The summed E-state index contributed by atoms with van der Waals surface area (Å²) >= 11 is 0. The van der Waals surface area contributed by atoms with Gasteiger partial charge in [-0.3, -0.25) is 0 Å². The summed E-state index contributed by atoms with van der Waals surface area (Å²) in [7, 11) is 0. The average Bonchev–Trinajstić information content (AvgIpc) is 2.62. The molecule has 0 aromatic heterocycles. The van der Waals surface area contributed by atoms with E-state index in [-0.39, 0.29) is 11.5 Å². The molecule has 21 heavy (non-hydrogen) atoms. The van der Waals surface area contributed by atoms with Gasteiger partial charge in [-0.05, 0) is 70.1 Å². The van der Waals surface area contributed by atoms with Crippen molar-refractivity contribution in [2.24, 2.45) is 17.1 Å². The van der Waals surface area contributed by atoms with Crippen LogP contribution >= 0.6 is 0 Å². The molecule has 4 N–H and O–H groups in total. The first-order valence-electron chi connectivity index (χ1n) is 8.47. The Morgan fingerprint density at radius 3 is 2.62 bits per heavy atom. The van der Waals surface area contributed by atoms with Crippen molar-refractivity contribution in [3.8, 4) is 0 Å². The number of fused-ring (bicyclic) bond motifs is 1. The molecule has 2 aliphatic rings. The lowest BCUT2D eigenvalue weighted by Crippen LogP contribution is -2.62. The molecule has 0 aromatic rings. The minimum Gasteiger partial charge on any atom is -0.391 e. The van der Waals surface area contributed by atoms with Gasteiger partial charge in [-0.2, -0.15) is 0 Å². The molecule has 4 atom stereocenters. The van der Waals surface area contributed by atoms with Crippen LogP contribution in [0, 0.1) is 11.3 Å². The third-order valence-electron chi connectivity index (χ3n) is 6.23. The van der Waals surface area contributed by atoms with Gasteiger partial charge in [0.1, 0.15) is 0 Å². The molecule has 0 spiro atoms. The van der Waals surface area contributed by atoms with Crippen LogP contribution in [-0.2, 0) is 0 Å². The topological polar surface area (TPSA) is 66.5 Å². The molecular formula is C18H33NO2. The summed E-state index contributed by atoms with van der Waals surface area (Å²) in [5, 5.41) is 20.2. The van der Waals surface area contributed by atoms with Crippen molar-refractivity contribution < 1.29 is 10.2 Å². The summed E-state index contributed by atoms with van der Waals surface area (Å²) in [5.74, 6) is 0.416. The Morgan fingerprint density at radius 2 is 2.00 bits per heavy atom. The average molecular weight is 295 g/mol. The van der Waals surface area contributed by atoms with E-state index in [1.165, 1.54) is 5.57 Å². The molecule has 0 amide bonds. The summed E-state index contributed by atoms with van der Waals surface area (Å²) < 4.78 is 0. The first-order chi connectivity index (χ1) is 9.60. The van der Waals surface area contributed by atoms with E-state index in [1.54, 1.807) is 0 Å². The van der Waals surface area contributed by atoms with Crippen molar-refractivity contribution in [3.63, 3.8) is 0 Å². The predicted octanol–water partition coefficient (Wildman–Crippen LogP) is 3.14. The highest BCUT2D eigenvalue weighted by Crippen LogP contribution is 2.59. The monoisotopic (exact) mass is 295 g/mol. The zero-order chi connectivity index (χ0) is 15.9. The van der Waals surface area contributed by atoms with Crippen LogP contribution in [0.1, 0.15) is 72.1 Å². The molecule has 0 aliphatic heterocycles. The molecule has 2 rings (SSSR count). The molecule has 122 valence electrons. The number of rotatable bonds is 5. The second-order valence-corrected chi connectivity index (χ2v) is 8.28. The maximum atomic E-state index is 10.4. The van der Waals surface area contributed by atoms with Gasteiger partial charge in [-0.1, -0.05) is 25.5 Å². The Bertz CT molecular complexity index is 401. The van der Waals surface area contributed by atoms with Gasteiger partial charge in [-0.25, -0.2) is 0 Å². The van der Waals surface area contributed by atoms with Crippen molar-refractivity contribution in [2.75, 3.05) is 0 Å². The summed E-state index contributed by atoms with van der Waals surface area (Å²) in [5.41, 5.74) is 6.85. The maximum Gasteiger partial charge on any atom is 0.0725 e. The molecule has 2 saturated carbocycles. The maximum absolute atomic E-state index is 10.4. The Balaban J connectivity index is 2.02. The minimum absolute atomic E-state index is 0.0174. The largest absolute Gasteiger partial charge is 0.391 e. The third-order valence-corrected chi connectivity index (χ3v) is 6.23. The first kappa shape index (κ1) is 17.0. The van der Waals surface area contributed by atoms with Crippen LogP contribution in [0.5, 0.6) is 0 Å². The standard InChI is InChI=1S/C18H33NO2/c1-13(7-5-10-16(2,3)21)14-9-12-18(19)15(20)8-6-11-17(14,18)4/h14-15,20-21H,1,5-12,19H2,2-4H3/t14?,15?,17-,18-/m1/s1. The molecule has 0 heterocycles. The minimum atomic E-state index is -0.599. The Labute approximate surface area is 129 Å². The molecule has 0 saturated heterocycles. The van der Waals surface area contributed by atoms with Gasteiger partial charge in [0.15, 0.2) is 0 Å². The van der Waals surface area contributed by atoms with E-state index in [0.29, 0.717) is 5.92 Å². The van der Waals surface area contributed by atoms with E-state index >= 15 is 0 Å². The molecule has 0 radical (unpaired) electrons. The highest BCUT2D eigenvalue weighted by molar-refractivity contribution is 5.22. The van der Waals surface area contributed by atoms with E-state index in [0.717, 1.165) is 51.4 Å². The van der Waals surface area contributed by atoms with E-state index in [4.69, 9.17) is 5.73 Å². The summed E-state index contributed by atoms with van der Waals surface area (Å²) in [4.78, 5) is 0. The normalized spacial score (nSPS) is 40.1. The lowest BCUT2D eigenvalue weighted by molar-refractivity contribution is -0.0347. The van der Waals surface area contributed by atoms with Crippen molar-refractivity contribution in [2.45, 2.75) is 89.4 Å². The van der Waals surface area contributed by atoms with Gasteiger partial charge in [-0.15, -0.1) is 0 Å². The van der Waals surface area contributed by atoms with Crippen LogP contribution in [-0.4, -0.2) is 27.5 Å². The quantitative estimate of drug-likeness (QED) is 0.683. The number of aliphatic hydroxyl groups is 2. The number of hydrogen-bond acceptors (Lipinski definition) is 3. The van der Waals surface area contributed by atoms with Crippen molar-refractivity contribution in [1.82, 2.24) is 0 Å². The predicted molar refractivity (Wildman–Crippen MR) is 86.9 cm³/mol. The van der Waals surface area contributed by atoms with Gasteiger partial charge >= 0.3 is 0 Å². The summed E-state index contributed by atoms with van der Waals surface area (Å²) in [6, 6.07) is 0.